The normalized spacial score (nSPS) is 11.2. The number of halogens is 1. The predicted octanol–water partition coefficient (Wildman–Crippen LogP) is 1.39. The lowest BCUT2D eigenvalue weighted by atomic mass is 10.3. The van der Waals surface area contributed by atoms with Crippen LogP contribution in [0.5, 0.6) is 11.5 Å². The van der Waals surface area contributed by atoms with Gasteiger partial charge in [-0.1, -0.05) is 11.6 Å². The molecule has 16 heavy (non-hydrogen) atoms. The second-order valence-corrected chi connectivity index (χ2v) is 4.88. The van der Waals surface area contributed by atoms with E-state index in [9.17, 15) is 8.42 Å². The number of hydrogen-bond donors (Lipinski definition) is 1. The van der Waals surface area contributed by atoms with Crippen LogP contribution in [0.15, 0.2) is 17.0 Å². The summed E-state index contributed by atoms with van der Waals surface area (Å²) in [5.41, 5.74) is 0. The van der Waals surface area contributed by atoms with E-state index in [2.05, 4.69) is 0 Å². The van der Waals surface area contributed by atoms with Crippen LogP contribution in [0.25, 0.3) is 0 Å². The molecule has 0 spiro atoms. The van der Waals surface area contributed by atoms with Gasteiger partial charge in [-0.15, -0.1) is 0 Å². The minimum Gasteiger partial charge on any atom is -0.491 e. The van der Waals surface area contributed by atoms with Crippen molar-refractivity contribution in [2.24, 2.45) is 5.14 Å². The Balaban J connectivity index is 3.39. The van der Waals surface area contributed by atoms with E-state index < -0.39 is 10.0 Å². The first-order valence-corrected chi connectivity index (χ1v) is 6.35. The lowest BCUT2D eigenvalue weighted by Gasteiger charge is -2.12. The van der Waals surface area contributed by atoms with Gasteiger partial charge in [-0.25, -0.2) is 13.6 Å². The molecule has 1 rings (SSSR count). The van der Waals surface area contributed by atoms with Gasteiger partial charge in [0.15, 0.2) is 11.5 Å². The first kappa shape index (κ1) is 13.1. The highest BCUT2D eigenvalue weighted by Gasteiger charge is 2.16. The molecule has 0 aliphatic carbocycles. The molecular weight excluding hydrogens is 254 g/mol. The topological polar surface area (TPSA) is 78.6 Å². The van der Waals surface area contributed by atoms with Crippen molar-refractivity contribution in [1.29, 1.82) is 0 Å². The van der Waals surface area contributed by atoms with Crippen molar-refractivity contribution in [3.05, 3.63) is 17.2 Å². The average Bonchev–Trinajstić information content (AvgIpc) is 2.16. The summed E-state index contributed by atoms with van der Waals surface area (Å²) < 4.78 is 32.5. The first-order valence-electron chi connectivity index (χ1n) is 4.43. The van der Waals surface area contributed by atoms with E-state index in [1.807, 2.05) is 0 Å². The molecule has 0 aromatic heterocycles. The fourth-order valence-corrected chi connectivity index (χ4v) is 2.08. The van der Waals surface area contributed by atoms with Crippen LogP contribution in [0, 0.1) is 0 Å². The third kappa shape index (κ3) is 2.78. The number of methoxy groups -OCH3 is 1. The van der Waals surface area contributed by atoms with E-state index >= 15 is 0 Å². The summed E-state index contributed by atoms with van der Waals surface area (Å²) in [6.07, 6.45) is 0. The fourth-order valence-electron chi connectivity index (χ4n) is 1.17. The molecular formula is C9H12ClNO4S. The third-order valence-corrected chi connectivity index (χ3v) is 2.99. The van der Waals surface area contributed by atoms with E-state index in [0.29, 0.717) is 6.61 Å². The summed E-state index contributed by atoms with van der Waals surface area (Å²) in [6, 6.07) is 2.50. The highest BCUT2D eigenvalue weighted by Crippen LogP contribution is 2.37. The van der Waals surface area contributed by atoms with Gasteiger partial charge < -0.3 is 9.47 Å². The molecule has 0 radical (unpaired) electrons. The average molecular weight is 266 g/mol. The zero-order valence-corrected chi connectivity index (χ0v) is 10.4. The maximum absolute atomic E-state index is 11.2. The van der Waals surface area contributed by atoms with Crippen molar-refractivity contribution in [2.75, 3.05) is 13.7 Å². The molecule has 0 bridgehead atoms. The summed E-state index contributed by atoms with van der Waals surface area (Å²) in [5, 5.41) is 5.14. The van der Waals surface area contributed by atoms with Crippen LogP contribution in [0.1, 0.15) is 6.92 Å². The van der Waals surface area contributed by atoms with E-state index in [4.69, 9.17) is 26.2 Å². The molecule has 0 atom stereocenters. The molecule has 2 N–H and O–H groups in total. The van der Waals surface area contributed by atoms with Crippen LogP contribution in [0.3, 0.4) is 0 Å². The first-order chi connectivity index (χ1) is 7.40. The second-order valence-electron chi connectivity index (χ2n) is 2.91. The van der Waals surface area contributed by atoms with Crippen LogP contribution in [-0.2, 0) is 10.0 Å². The Morgan fingerprint density at radius 3 is 2.50 bits per heavy atom. The predicted molar refractivity (Wildman–Crippen MR) is 60.5 cm³/mol. The van der Waals surface area contributed by atoms with Gasteiger partial charge in [-0.2, -0.15) is 0 Å². The number of primary sulfonamides is 1. The zero-order chi connectivity index (χ0) is 12.3. The molecule has 0 saturated carbocycles. The van der Waals surface area contributed by atoms with E-state index in [0.717, 1.165) is 0 Å². The zero-order valence-electron chi connectivity index (χ0n) is 8.86. The lowest BCUT2D eigenvalue weighted by Crippen LogP contribution is -2.12. The van der Waals surface area contributed by atoms with E-state index in [-0.39, 0.29) is 21.4 Å². The number of nitrogens with two attached hydrogens (primary N) is 1. The van der Waals surface area contributed by atoms with E-state index in [1.54, 1.807) is 6.92 Å². The number of ether oxygens (including phenoxy) is 2. The molecule has 5 nitrogen and oxygen atoms in total. The molecule has 0 fully saturated rings. The summed E-state index contributed by atoms with van der Waals surface area (Å²) in [4.78, 5) is -0.109. The van der Waals surface area contributed by atoms with E-state index in [1.165, 1.54) is 19.2 Å². The van der Waals surface area contributed by atoms with Gasteiger partial charge in [0.2, 0.25) is 10.0 Å². The van der Waals surface area contributed by atoms with Crippen LogP contribution in [0.2, 0.25) is 5.02 Å². The minimum absolute atomic E-state index is 0.109. The Morgan fingerprint density at radius 2 is 2.06 bits per heavy atom. The van der Waals surface area contributed by atoms with Gasteiger partial charge in [0.1, 0.15) is 0 Å². The Kier molecular flexibility index (Phi) is 4.01. The van der Waals surface area contributed by atoms with Crippen LogP contribution >= 0.6 is 11.6 Å². The number of sulfonamides is 1. The molecule has 0 unspecified atom stereocenters. The number of rotatable bonds is 4. The molecule has 90 valence electrons. The Hall–Kier alpha value is -0.980. The Bertz CT molecular complexity index is 487. The largest absolute Gasteiger partial charge is 0.491 e. The highest BCUT2D eigenvalue weighted by atomic mass is 35.5. The number of benzene rings is 1. The summed E-state index contributed by atoms with van der Waals surface area (Å²) >= 11 is 5.85. The second kappa shape index (κ2) is 4.90. The van der Waals surface area contributed by atoms with Gasteiger partial charge in [-0.05, 0) is 13.0 Å². The van der Waals surface area contributed by atoms with Crippen molar-refractivity contribution in [3.63, 3.8) is 0 Å². The Morgan fingerprint density at radius 1 is 1.44 bits per heavy atom. The smallest absolute Gasteiger partial charge is 0.238 e. The maximum Gasteiger partial charge on any atom is 0.238 e. The molecule has 1 aromatic carbocycles. The lowest BCUT2D eigenvalue weighted by molar-refractivity contribution is 0.310. The monoisotopic (exact) mass is 265 g/mol. The molecule has 0 aliphatic rings. The molecule has 0 aliphatic heterocycles. The molecule has 1 aromatic rings. The fraction of sp³-hybridized carbons (Fsp3) is 0.333. The van der Waals surface area contributed by atoms with Crippen LogP contribution < -0.4 is 14.6 Å². The summed E-state index contributed by atoms with van der Waals surface area (Å²) in [7, 11) is -2.39. The van der Waals surface area contributed by atoms with Crippen molar-refractivity contribution in [3.8, 4) is 11.5 Å². The highest BCUT2D eigenvalue weighted by molar-refractivity contribution is 7.89. The van der Waals surface area contributed by atoms with Crippen molar-refractivity contribution in [1.82, 2.24) is 0 Å². The molecule has 0 saturated heterocycles. The molecule has 0 heterocycles. The van der Waals surface area contributed by atoms with Crippen LogP contribution in [0.4, 0.5) is 0 Å². The minimum atomic E-state index is -3.81. The SMILES string of the molecule is CCOc1cc(S(N)(=O)=O)cc(Cl)c1OC. The van der Waals surface area contributed by atoms with Gasteiger partial charge >= 0.3 is 0 Å². The van der Waals surface area contributed by atoms with Gasteiger partial charge in [0.05, 0.1) is 23.6 Å². The van der Waals surface area contributed by atoms with Crippen molar-refractivity contribution < 1.29 is 17.9 Å². The summed E-state index contributed by atoms with van der Waals surface area (Å²) in [5.74, 6) is 0.539. The molecule has 7 heteroatoms. The van der Waals surface area contributed by atoms with Gasteiger partial charge in [0.25, 0.3) is 0 Å². The maximum atomic E-state index is 11.2. The molecule has 0 amide bonds. The van der Waals surface area contributed by atoms with Gasteiger partial charge in [0, 0.05) is 6.07 Å². The van der Waals surface area contributed by atoms with Crippen molar-refractivity contribution in [2.45, 2.75) is 11.8 Å². The summed E-state index contributed by atoms with van der Waals surface area (Å²) in [6.45, 7) is 2.12. The third-order valence-electron chi connectivity index (χ3n) is 1.82. The van der Waals surface area contributed by atoms with Crippen molar-refractivity contribution >= 4 is 21.6 Å². The Labute approximate surface area is 99.2 Å². The van der Waals surface area contributed by atoms with Crippen LogP contribution in [-0.4, -0.2) is 22.1 Å². The standard InChI is InChI=1S/C9H12ClNO4S/c1-3-15-8-5-6(16(11,12)13)4-7(10)9(8)14-2/h4-5H,3H2,1-2H3,(H2,11,12,13). The van der Waals surface area contributed by atoms with Gasteiger partial charge in [-0.3, -0.25) is 0 Å². The number of hydrogen-bond acceptors (Lipinski definition) is 4. The quantitative estimate of drug-likeness (QED) is 0.892.